The second-order valence-electron chi connectivity index (χ2n) is 4.44. The van der Waals surface area contributed by atoms with Crippen molar-refractivity contribution >= 4 is 11.4 Å². The van der Waals surface area contributed by atoms with E-state index in [1.807, 2.05) is 44.2 Å². The monoisotopic (exact) mass is 230 g/mol. The zero-order chi connectivity index (χ0) is 12.4. The zero-order valence-electron chi connectivity index (χ0n) is 10.5. The van der Waals surface area contributed by atoms with Crippen molar-refractivity contribution in [3.05, 3.63) is 41.7 Å². The maximum Gasteiger partial charge on any atom is 0.0600 e. The summed E-state index contributed by atoms with van der Waals surface area (Å²) in [6.07, 6.45) is 3.89. The maximum atomic E-state index is 6.02. The summed E-state index contributed by atoms with van der Waals surface area (Å²) in [6.45, 7) is 2.85. The van der Waals surface area contributed by atoms with E-state index in [0.29, 0.717) is 0 Å². The molecule has 0 aliphatic rings. The molecule has 0 saturated carbocycles. The number of aromatic nitrogens is 2. The van der Waals surface area contributed by atoms with Crippen LogP contribution in [0.4, 0.5) is 11.4 Å². The summed E-state index contributed by atoms with van der Waals surface area (Å²) in [5.41, 5.74) is 10.2. The van der Waals surface area contributed by atoms with Gasteiger partial charge in [-0.1, -0.05) is 6.07 Å². The lowest BCUT2D eigenvalue weighted by atomic mass is 10.2. The van der Waals surface area contributed by atoms with Gasteiger partial charge >= 0.3 is 0 Å². The molecule has 1 aromatic heterocycles. The fourth-order valence-corrected chi connectivity index (χ4v) is 1.93. The number of nitrogen functional groups attached to an aromatic ring is 1. The highest BCUT2D eigenvalue weighted by molar-refractivity contribution is 5.68. The lowest BCUT2D eigenvalue weighted by Crippen LogP contribution is -2.17. The number of aryl methyl sites for hydroxylation is 2. The van der Waals surface area contributed by atoms with Crippen molar-refractivity contribution in [3.8, 4) is 0 Å². The van der Waals surface area contributed by atoms with Gasteiger partial charge in [-0.25, -0.2) is 0 Å². The predicted molar refractivity (Wildman–Crippen MR) is 70.9 cm³/mol. The third-order valence-corrected chi connectivity index (χ3v) is 2.77. The van der Waals surface area contributed by atoms with Crippen LogP contribution in [0.2, 0.25) is 0 Å². The number of nitrogens with zero attached hydrogens (tertiary/aromatic N) is 3. The molecule has 4 heteroatoms. The molecule has 0 fully saturated rings. The van der Waals surface area contributed by atoms with Crippen molar-refractivity contribution < 1.29 is 0 Å². The van der Waals surface area contributed by atoms with Gasteiger partial charge in [0.25, 0.3) is 0 Å². The average molecular weight is 230 g/mol. The van der Waals surface area contributed by atoms with Gasteiger partial charge < -0.3 is 10.6 Å². The summed E-state index contributed by atoms with van der Waals surface area (Å²) < 4.78 is 1.81. The van der Waals surface area contributed by atoms with E-state index in [1.165, 1.54) is 11.1 Å². The standard InChI is InChI=1S/C13H18N4/c1-10-4-5-13(12(14)6-10)16(2)8-11-7-15-17(3)9-11/h4-7,9H,8,14H2,1-3H3. The third-order valence-electron chi connectivity index (χ3n) is 2.77. The van der Waals surface area contributed by atoms with E-state index in [1.54, 1.807) is 0 Å². The molecule has 0 bridgehead atoms. The summed E-state index contributed by atoms with van der Waals surface area (Å²) in [4.78, 5) is 2.13. The summed E-state index contributed by atoms with van der Waals surface area (Å²) >= 11 is 0. The number of hydrogen-bond acceptors (Lipinski definition) is 3. The number of anilines is 2. The molecule has 1 aromatic carbocycles. The molecular weight excluding hydrogens is 212 g/mol. The van der Waals surface area contributed by atoms with Crippen LogP contribution in [0.15, 0.2) is 30.6 Å². The molecule has 90 valence electrons. The van der Waals surface area contributed by atoms with E-state index in [4.69, 9.17) is 5.73 Å². The third kappa shape index (κ3) is 2.58. The molecular formula is C13H18N4. The highest BCUT2D eigenvalue weighted by Gasteiger charge is 2.07. The Morgan fingerprint density at radius 1 is 1.41 bits per heavy atom. The fraction of sp³-hybridized carbons (Fsp3) is 0.308. The van der Waals surface area contributed by atoms with Gasteiger partial charge in [-0.3, -0.25) is 4.68 Å². The molecule has 0 spiro atoms. The van der Waals surface area contributed by atoms with Crippen LogP contribution in [0.5, 0.6) is 0 Å². The van der Waals surface area contributed by atoms with Crippen molar-refractivity contribution in [2.75, 3.05) is 17.7 Å². The number of rotatable bonds is 3. The molecule has 1 heterocycles. The lowest BCUT2D eigenvalue weighted by molar-refractivity contribution is 0.766. The summed E-state index contributed by atoms with van der Waals surface area (Å²) in [5.74, 6) is 0. The Morgan fingerprint density at radius 3 is 2.76 bits per heavy atom. The van der Waals surface area contributed by atoms with Crippen molar-refractivity contribution in [3.63, 3.8) is 0 Å². The number of benzene rings is 1. The van der Waals surface area contributed by atoms with Crippen molar-refractivity contribution in [2.45, 2.75) is 13.5 Å². The first-order valence-corrected chi connectivity index (χ1v) is 5.61. The molecule has 4 nitrogen and oxygen atoms in total. The Bertz CT molecular complexity index is 516. The Hall–Kier alpha value is -1.97. The molecule has 0 radical (unpaired) electrons. The van der Waals surface area contributed by atoms with Crippen LogP contribution in [-0.4, -0.2) is 16.8 Å². The van der Waals surface area contributed by atoms with Crippen molar-refractivity contribution in [1.29, 1.82) is 0 Å². The first-order chi connectivity index (χ1) is 8.06. The molecule has 2 rings (SSSR count). The van der Waals surface area contributed by atoms with Crippen LogP contribution < -0.4 is 10.6 Å². The fourth-order valence-electron chi connectivity index (χ4n) is 1.93. The second kappa shape index (κ2) is 4.49. The Morgan fingerprint density at radius 2 is 2.18 bits per heavy atom. The topological polar surface area (TPSA) is 47.1 Å². The predicted octanol–water partition coefficient (Wildman–Crippen LogP) is 1.95. The van der Waals surface area contributed by atoms with E-state index in [9.17, 15) is 0 Å². The van der Waals surface area contributed by atoms with Crippen molar-refractivity contribution in [1.82, 2.24) is 9.78 Å². The Balaban J connectivity index is 2.17. The van der Waals surface area contributed by atoms with Crippen LogP contribution in [-0.2, 0) is 13.6 Å². The van der Waals surface area contributed by atoms with Gasteiger partial charge in [0.2, 0.25) is 0 Å². The highest BCUT2D eigenvalue weighted by atomic mass is 15.2. The molecule has 0 atom stereocenters. The molecule has 0 unspecified atom stereocenters. The van der Waals surface area contributed by atoms with E-state index in [0.717, 1.165) is 17.9 Å². The van der Waals surface area contributed by atoms with Gasteiger partial charge in [0, 0.05) is 32.4 Å². The minimum absolute atomic E-state index is 0.807. The van der Waals surface area contributed by atoms with E-state index in [2.05, 4.69) is 22.1 Å². The second-order valence-corrected chi connectivity index (χ2v) is 4.44. The molecule has 0 saturated heterocycles. The SMILES string of the molecule is Cc1ccc(N(C)Cc2cnn(C)c2)c(N)c1. The Kier molecular flexibility index (Phi) is 3.04. The van der Waals surface area contributed by atoms with E-state index < -0.39 is 0 Å². The van der Waals surface area contributed by atoms with Gasteiger partial charge in [0.05, 0.1) is 17.6 Å². The number of nitrogens with two attached hydrogens (primary N) is 1. The van der Waals surface area contributed by atoms with Crippen LogP contribution in [0.3, 0.4) is 0 Å². The van der Waals surface area contributed by atoms with Gasteiger partial charge in [-0.2, -0.15) is 5.10 Å². The normalized spacial score (nSPS) is 10.5. The summed E-state index contributed by atoms with van der Waals surface area (Å²) in [5, 5.41) is 4.16. The van der Waals surface area contributed by atoms with Crippen LogP contribution >= 0.6 is 0 Å². The molecule has 2 aromatic rings. The first kappa shape index (κ1) is 11.5. The van der Waals surface area contributed by atoms with Crippen LogP contribution in [0.1, 0.15) is 11.1 Å². The van der Waals surface area contributed by atoms with Gasteiger partial charge in [0.1, 0.15) is 0 Å². The zero-order valence-corrected chi connectivity index (χ0v) is 10.5. The quantitative estimate of drug-likeness (QED) is 0.820. The van der Waals surface area contributed by atoms with Crippen LogP contribution in [0, 0.1) is 6.92 Å². The summed E-state index contributed by atoms with van der Waals surface area (Å²) in [6, 6.07) is 6.13. The lowest BCUT2D eigenvalue weighted by Gasteiger charge is -2.20. The highest BCUT2D eigenvalue weighted by Crippen LogP contribution is 2.24. The number of hydrogen-bond donors (Lipinski definition) is 1. The molecule has 0 aliphatic heterocycles. The summed E-state index contributed by atoms with van der Waals surface area (Å²) in [7, 11) is 3.96. The molecule has 0 aliphatic carbocycles. The van der Waals surface area contributed by atoms with Crippen molar-refractivity contribution in [2.24, 2.45) is 7.05 Å². The molecule has 2 N–H and O–H groups in total. The largest absolute Gasteiger partial charge is 0.397 e. The first-order valence-electron chi connectivity index (χ1n) is 5.61. The maximum absolute atomic E-state index is 6.02. The average Bonchev–Trinajstić information content (AvgIpc) is 2.63. The molecule has 0 amide bonds. The minimum Gasteiger partial charge on any atom is -0.397 e. The van der Waals surface area contributed by atoms with Gasteiger partial charge in [-0.05, 0) is 24.6 Å². The smallest absolute Gasteiger partial charge is 0.0600 e. The van der Waals surface area contributed by atoms with E-state index in [-0.39, 0.29) is 0 Å². The molecule has 17 heavy (non-hydrogen) atoms. The van der Waals surface area contributed by atoms with Gasteiger partial charge in [-0.15, -0.1) is 0 Å². The Labute approximate surface area is 102 Å². The van der Waals surface area contributed by atoms with E-state index >= 15 is 0 Å². The van der Waals surface area contributed by atoms with Gasteiger partial charge in [0.15, 0.2) is 0 Å². The van der Waals surface area contributed by atoms with Crippen LogP contribution in [0.25, 0.3) is 0 Å². The minimum atomic E-state index is 0.807.